The van der Waals surface area contributed by atoms with Crippen molar-refractivity contribution in [2.24, 2.45) is 0 Å². The zero-order valence-corrected chi connectivity index (χ0v) is 11.1. The van der Waals surface area contributed by atoms with Crippen LogP contribution in [-0.2, 0) is 0 Å². The van der Waals surface area contributed by atoms with E-state index in [9.17, 15) is 9.59 Å². The van der Waals surface area contributed by atoms with Crippen molar-refractivity contribution in [3.05, 3.63) is 17.0 Å². The molecule has 0 aromatic carbocycles. The van der Waals surface area contributed by atoms with Crippen LogP contribution in [0.1, 0.15) is 10.4 Å². The summed E-state index contributed by atoms with van der Waals surface area (Å²) in [5, 5.41) is 15.9. The fourth-order valence-corrected chi connectivity index (χ4v) is 2.37. The maximum Gasteiger partial charge on any atom is 0.338 e. The zero-order valence-electron chi connectivity index (χ0n) is 9.43. The van der Waals surface area contributed by atoms with E-state index < -0.39 is 12.0 Å². The molecule has 1 aromatic rings. The molecule has 5 nitrogen and oxygen atoms in total. The highest BCUT2D eigenvalue weighted by molar-refractivity contribution is 7.99. The van der Waals surface area contributed by atoms with Crippen molar-refractivity contribution in [3.63, 3.8) is 0 Å². The number of rotatable bonds is 6. The number of hydrogen-bond donors (Lipinski definition) is 3. The van der Waals surface area contributed by atoms with Crippen LogP contribution in [0.25, 0.3) is 0 Å². The molecule has 7 heteroatoms. The largest absolute Gasteiger partial charge is 0.478 e. The lowest BCUT2D eigenvalue weighted by atomic mass is 10.3. The molecule has 0 saturated heterocycles. The first-order valence-electron chi connectivity index (χ1n) is 5.02. The lowest BCUT2D eigenvalue weighted by molar-refractivity contribution is 0.0698. The fourth-order valence-electron chi connectivity index (χ4n) is 1.09. The second-order valence-electron chi connectivity index (χ2n) is 3.11. The summed E-state index contributed by atoms with van der Waals surface area (Å²) >= 11 is 2.71. The number of carbonyl (C=O) groups excluding carboxylic acids is 1. The minimum atomic E-state index is -1.06. The minimum Gasteiger partial charge on any atom is -0.478 e. The van der Waals surface area contributed by atoms with Gasteiger partial charge in [-0.2, -0.15) is 0 Å². The van der Waals surface area contributed by atoms with Gasteiger partial charge in [-0.25, -0.2) is 9.59 Å². The Kier molecular flexibility index (Phi) is 6.11. The Hall–Kier alpha value is -1.65. The first-order valence-corrected chi connectivity index (χ1v) is 7.05. The molecule has 0 aliphatic carbocycles. The van der Waals surface area contributed by atoms with Crippen molar-refractivity contribution in [2.75, 3.05) is 23.4 Å². The van der Waals surface area contributed by atoms with E-state index in [1.807, 2.05) is 0 Å². The van der Waals surface area contributed by atoms with Crippen LogP contribution >= 0.6 is 23.1 Å². The van der Waals surface area contributed by atoms with Gasteiger partial charge in [-0.3, -0.25) is 5.32 Å². The maximum absolute atomic E-state index is 11.5. The average molecular weight is 284 g/mol. The van der Waals surface area contributed by atoms with Crippen molar-refractivity contribution in [1.29, 1.82) is 0 Å². The van der Waals surface area contributed by atoms with Crippen LogP contribution in [0.5, 0.6) is 0 Å². The molecule has 1 rings (SSSR count). The Labute approximate surface area is 113 Å². The number of terminal acetylenes is 1. The summed E-state index contributed by atoms with van der Waals surface area (Å²) < 4.78 is 0. The summed E-state index contributed by atoms with van der Waals surface area (Å²) in [6.45, 7) is 0.478. The van der Waals surface area contributed by atoms with Gasteiger partial charge in [-0.15, -0.1) is 29.5 Å². The molecule has 0 saturated carbocycles. The first-order chi connectivity index (χ1) is 8.65. The molecule has 1 aromatic heterocycles. The van der Waals surface area contributed by atoms with E-state index in [1.165, 1.54) is 17.4 Å². The van der Waals surface area contributed by atoms with E-state index in [4.69, 9.17) is 11.5 Å². The van der Waals surface area contributed by atoms with Gasteiger partial charge in [0.1, 0.15) is 5.00 Å². The molecule has 3 N–H and O–H groups in total. The van der Waals surface area contributed by atoms with Gasteiger partial charge >= 0.3 is 12.0 Å². The molecule has 18 heavy (non-hydrogen) atoms. The van der Waals surface area contributed by atoms with E-state index in [1.54, 1.807) is 17.1 Å². The monoisotopic (exact) mass is 284 g/mol. The Morgan fingerprint density at radius 1 is 1.56 bits per heavy atom. The van der Waals surface area contributed by atoms with Crippen LogP contribution in [0.15, 0.2) is 11.4 Å². The Morgan fingerprint density at radius 2 is 2.33 bits per heavy atom. The molecule has 0 fully saturated rings. The molecule has 0 bridgehead atoms. The van der Waals surface area contributed by atoms with Gasteiger partial charge in [-0.05, 0) is 11.4 Å². The predicted octanol–water partition coefficient (Wildman–Crippen LogP) is 1.93. The van der Waals surface area contributed by atoms with E-state index in [-0.39, 0.29) is 5.56 Å². The lowest BCUT2D eigenvalue weighted by Crippen LogP contribution is -2.30. The smallest absolute Gasteiger partial charge is 0.338 e. The van der Waals surface area contributed by atoms with E-state index in [2.05, 4.69) is 16.6 Å². The Morgan fingerprint density at radius 3 is 3.00 bits per heavy atom. The number of thioether (sulfide) groups is 1. The van der Waals surface area contributed by atoms with Crippen molar-refractivity contribution in [1.82, 2.24) is 5.32 Å². The van der Waals surface area contributed by atoms with Crippen LogP contribution < -0.4 is 10.6 Å². The Bertz CT molecular complexity index is 465. The molecule has 96 valence electrons. The number of thiophene rings is 1. The fraction of sp³-hybridized carbons (Fsp3) is 0.273. The van der Waals surface area contributed by atoms with Gasteiger partial charge in [0.25, 0.3) is 0 Å². The van der Waals surface area contributed by atoms with Crippen LogP contribution in [0.4, 0.5) is 9.80 Å². The van der Waals surface area contributed by atoms with E-state index in [0.29, 0.717) is 23.1 Å². The highest BCUT2D eigenvalue weighted by Crippen LogP contribution is 2.22. The summed E-state index contributed by atoms with van der Waals surface area (Å²) in [4.78, 5) is 22.3. The molecular formula is C11H12N2O3S2. The first kappa shape index (κ1) is 14.4. The van der Waals surface area contributed by atoms with Gasteiger partial charge in [0.05, 0.1) is 11.3 Å². The van der Waals surface area contributed by atoms with Gasteiger partial charge in [-0.1, -0.05) is 5.92 Å². The number of nitrogens with one attached hydrogen (secondary N) is 2. The SMILES string of the molecule is C#CCSCCNC(=O)Nc1sccc1C(=O)O. The third-order valence-corrected chi connectivity index (χ3v) is 3.53. The standard InChI is InChI=1S/C11H12N2O3S2/c1-2-5-17-7-4-12-11(16)13-9-8(10(14)15)3-6-18-9/h1,3,6H,4-5,7H2,(H,14,15)(H2,12,13,16). The number of aromatic carboxylic acids is 1. The normalized spacial score (nSPS) is 9.50. The number of carboxylic acids is 1. The number of amides is 2. The second-order valence-corrected chi connectivity index (χ2v) is 5.13. The van der Waals surface area contributed by atoms with Crippen molar-refractivity contribution in [2.45, 2.75) is 0 Å². The highest BCUT2D eigenvalue weighted by Gasteiger charge is 2.13. The Balaban J connectivity index is 2.34. The molecule has 0 aliphatic heterocycles. The second kappa shape index (κ2) is 7.63. The van der Waals surface area contributed by atoms with Crippen LogP contribution in [0.2, 0.25) is 0 Å². The van der Waals surface area contributed by atoms with Crippen molar-refractivity contribution in [3.8, 4) is 12.3 Å². The number of anilines is 1. The topological polar surface area (TPSA) is 78.4 Å². The summed E-state index contributed by atoms with van der Waals surface area (Å²) in [7, 11) is 0. The maximum atomic E-state index is 11.5. The van der Waals surface area contributed by atoms with Gasteiger partial charge in [0.15, 0.2) is 0 Å². The molecule has 1 heterocycles. The summed E-state index contributed by atoms with van der Waals surface area (Å²) in [6.07, 6.45) is 5.08. The molecule has 0 unspecified atom stereocenters. The van der Waals surface area contributed by atoms with E-state index >= 15 is 0 Å². The minimum absolute atomic E-state index is 0.0943. The summed E-state index contributed by atoms with van der Waals surface area (Å²) in [5.41, 5.74) is 0.0943. The van der Waals surface area contributed by atoms with Crippen LogP contribution in [-0.4, -0.2) is 35.2 Å². The van der Waals surface area contributed by atoms with Crippen molar-refractivity contribution >= 4 is 40.1 Å². The molecule has 0 aliphatic rings. The molecular weight excluding hydrogens is 272 g/mol. The number of urea groups is 1. The van der Waals surface area contributed by atoms with Gasteiger partial charge < -0.3 is 10.4 Å². The van der Waals surface area contributed by atoms with Gasteiger partial charge in [0, 0.05) is 12.3 Å². The average Bonchev–Trinajstić information content (AvgIpc) is 2.77. The number of carboxylic acid groups (broad SMARTS) is 1. The quantitative estimate of drug-likeness (QED) is 0.551. The predicted molar refractivity (Wildman–Crippen MR) is 74.5 cm³/mol. The van der Waals surface area contributed by atoms with Gasteiger partial charge in [0.2, 0.25) is 0 Å². The van der Waals surface area contributed by atoms with Crippen LogP contribution in [0.3, 0.4) is 0 Å². The molecule has 2 amide bonds. The highest BCUT2D eigenvalue weighted by atomic mass is 32.2. The zero-order chi connectivity index (χ0) is 13.4. The number of hydrogen-bond acceptors (Lipinski definition) is 4. The van der Waals surface area contributed by atoms with E-state index in [0.717, 1.165) is 0 Å². The lowest BCUT2D eigenvalue weighted by Gasteiger charge is -2.06. The number of carbonyl (C=O) groups is 2. The summed E-state index contributed by atoms with van der Waals surface area (Å²) in [6, 6.07) is 1.03. The van der Waals surface area contributed by atoms with Crippen molar-refractivity contribution < 1.29 is 14.7 Å². The molecule has 0 atom stereocenters. The third kappa shape index (κ3) is 4.69. The summed E-state index contributed by atoms with van der Waals surface area (Å²) in [5.74, 6) is 2.75. The van der Waals surface area contributed by atoms with Crippen LogP contribution in [0, 0.1) is 12.3 Å². The molecule has 0 radical (unpaired) electrons. The third-order valence-electron chi connectivity index (χ3n) is 1.84. The molecule has 0 spiro atoms.